The molecule has 2 aromatic heterocycles. The molecular weight excluding hydrogens is 508 g/mol. The molecule has 2 aromatic carbocycles. The minimum Gasteiger partial charge on any atom is -0.261 e. The Morgan fingerprint density at radius 2 is 0.963 bits per heavy atom. The van der Waals surface area contributed by atoms with Crippen molar-refractivity contribution in [3.8, 4) is 22.3 Å². The van der Waals surface area contributed by atoms with Crippen LogP contribution in [0.4, 0.5) is 0 Å². The molecule has 3 heteroatoms. The Kier molecular flexibility index (Phi) is 5.27. The predicted molar refractivity (Wildman–Crippen MR) is 109 cm³/mol. The second-order valence-corrected chi connectivity index (χ2v) is 5.53. The van der Waals surface area contributed by atoms with Crippen molar-refractivity contribution in [2.45, 2.75) is 13.7 Å². The van der Waals surface area contributed by atoms with E-state index in [9.17, 15) is 0 Å². The molecule has 0 aliphatic carbocycles. The zero-order chi connectivity index (χ0) is 23.2. The SMILES string of the molecule is [2H]C([2H])([2H])c1ncccc1-c1ccccc1.[2H]C([2H])([2H])c1ncccc1-c1ccccc1.[Ir+2]. The Labute approximate surface area is 183 Å². The van der Waals surface area contributed by atoms with Crippen molar-refractivity contribution in [3.63, 3.8) is 0 Å². The third kappa shape index (κ3) is 5.68. The van der Waals surface area contributed by atoms with E-state index in [0.717, 1.165) is 11.1 Å². The van der Waals surface area contributed by atoms with Gasteiger partial charge in [0.1, 0.15) is 0 Å². The van der Waals surface area contributed by atoms with Gasteiger partial charge < -0.3 is 0 Å². The molecule has 4 rings (SSSR count). The van der Waals surface area contributed by atoms with Crippen molar-refractivity contribution in [3.05, 3.63) is 109 Å². The fraction of sp³-hybridized carbons (Fsp3) is 0.0833. The van der Waals surface area contributed by atoms with E-state index in [0.29, 0.717) is 11.1 Å². The van der Waals surface area contributed by atoms with Crippen molar-refractivity contribution < 1.29 is 28.3 Å². The summed E-state index contributed by atoms with van der Waals surface area (Å²) in [6, 6.07) is 25.9. The van der Waals surface area contributed by atoms with Crippen LogP contribution in [0.15, 0.2) is 97.3 Å². The first-order chi connectivity index (χ1) is 15.2. The molecule has 0 N–H and O–H groups in total. The predicted octanol–water partition coefficient (Wildman–Crippen LogP) is 6.11. The van der Waals surface area contributed by atoms with Gasteiger partial charge in [0.25, 0.3) is 0 Å². The van der Waals surface area contributed by atoms with Crippen LogP contribution in [0.5, 0.6) is 0 Å². The maximum atomic E-state index is 7.43. The number of benzene rings is 2. The van der Waals surface area contributed by atoms with E-state index >= 15 is 0 Å². The molecule has 0 saturated carbocycles. The second kappa shape index (κ2) is 10.5. The first-order valence-corrected chi connectivity index (χ1v) is 8.20. The summed E-state index contributed by atoms with van der Waals surface area (Å²) in [6.07, 6.45) is 3.02. The van der Waals surface area contributed by atoms with Gasteiger partial charge in [0.15, 0.2) is 0 Å². The summed E-state index contributed by atoms with van der Waals surface area (Å²) in [5.41, 5.74) is 3.40. The summed E-state index contributed by atoms with van der Waals surface area (Å²) < 4.78 is 44.6. The van der Waals surface area contributed by atoms with Gasteiger partial charge in [-0.25, -0.2) is 0 Å². The van der Waals surface area contributed by atoms with E-state index in [1.54, 1.807) is 24.3 Å². The number of aromatic nitrogens is 2. The summed E-state index contributed by atoms with van der Waals surface area (Å²) >= 11 is 0. The van der Waals surface area contributed by atoms with E-state index in [-0.39, 0.29) is 31.5 Å². The quantitative estimate of drug-likeness (QED) is 0.309. The number of hydrogen-bond donors (Lipinski definition) is 0. The molecule has 27 heavy (non-hydrogen) atoms. The summed E-state index contributed by atoms with van der Waals surface area (Å²) in [5, 5.41) is 0. The Morgan fingerprint density at radius 1 is 0.556 bits per heavy atom. The van der Waals surface area contributed by atoms with Crippen LogP contribution in [-0.4, -0.2) is 9.97 Å². The Bertz CT molecular complexity index is 1050. The smallest absolute Gasteiger partial charge is 0.261 e. The third-order valence-corrected chi connectivity index (χ3v) is 3.79. The van der Waals surface area contributed by atoms with Crippen molar-refractivity contribution in [2.75, 3.05) is 0 Å². The minimum atomic E-state index is -2.17. The molecule has 2 heterocycles. The standard InChI is InChI=1S/2C12H11N.Ir/c2*1-10-12(8-5-9-13-10)11-6-3-2-4-7-11;/h2*2-9H,1H3;/q;;+2/i2*1D3;. The molecule has 0 bridgehead atoms. The van der Waals surface area contributed by atoms with Crippen LogP contribution in [0.25, 0.3) is 22.3 Å². The van der Waals surface area contributed by atoms with Crippen LogP contribution in [0.3, 0.4) is 0 Å². The van der Waals surface area contributed by atoms with Crippen molar-refractivity contribution >= 4 is 0 Å². The van der Waals surface area contributed by atoms with Crippen LogP contribution < -0.4 is 0 Å². The average Bonchev–Trinajstić information content (AvgIpc) is 2.80. The van der Waals surface area contributed by atoms with Crippen LogP contribution in [0, 0.1) is 13.7 Å². The number of rotatable bonds is 2. The summed E-state index contributed by atoms with van der Waals surface area (Å²) in [4.78, 5) is 7.93. The molecule has 0 aliphatic heterocycles. The molecule has 2 nitrogen and oxygen atoms in total. The Hall–Kier alpha value is -2.61. The van der Waals surface area contributed by atoms with Gasteiger partial charge in [-0.15, -0.1) is 0 Å². The molecule has 1 radical (unpaired) electrons. The van der Waals surface area contributed by atoms with Crippen LogP contribution in [0.1, 0.15) is 19.6 Å². The van der Waals surface area contributed by atoms with Gasteiger partial charge in [0.2, 0.25) is 0 Å². The summed E-state index contributed by atoms with van der Waals surface area (Å²) in [5.74, 6) is 0. The normalized spacial score (nSPS) is 13.8. The van der Waals surface area contributed by atoms with Crippen molar-refractivity contribution in [2.24, 2.45) is 0 Å². The zero-order valence-electron chi connectivity index (χ0n) is 20.5. The molecular formula is C24H22IrN2+2. The summed E-state index contributed by atoms with van der Waals surface area (Å²) in [7, 11) is 0. The zero-order valence-corrected chi connectivity index (χ0v) is 16.9. The third-order valence-electron chi connectivity index (χ3n) is 3.79. The Balaban J connectivity index is 0.000000227. The van der Waals surface area contributed by atoms with Gasteiger partial charge in [0, 0.05) is 43.1 Å². The van der Waals surface area contributed by atoms with Gasteiger partial charge in [-0.1, -0.05) is 72.8 Å². The maximum Gasteiger partial charge on any atom is 2.00 e. The average molecular weight is 537 g/mol. The number of hydrogen-bond acceptors (Lipinski definition) is 2. The molecule has 0 spiro atoms. The van der Waals surface area contributed by atoms with Gasteiger partial charge in [-0.05, 0) is 37.0 Å². The number of pyridine rings is 2. The summed E-state index contributed by atoms with van der Waals surface area (Å²) in [6.45, 7) is -4.35. The molecule has 4 aromatic rings. The van der Waals surface area contributed by atoms with E-state index < -0.39 is 13.7 Å². The van der Waals surface area contributed by atoms with E-state index in [2.05, 4.69) is 9.97 Å². The van der Waals surface area contributed by atoms with Gasteiger partial charge >= 0.3 is 20.1 Å². The molecule has 0 fully saturated rings. The fourth-order valence-electron chi connectivity index (χ4n) is 2.51. The second-order valence-electron chi connectivity index (χ2n) is 5.53. The molecule has 0 aliphatic rings. The van der Waals surface area contributed by atoms with E-state index in [1.807, 2.05) is 60.7 Å². The molecule has 0 atom stereocenters. The number of nitrogens with zero attached hydrogens (tertiary/aromatic N) is 2. The fourth-order valence-corrected chi connectivity index (χ4v) is 2.51. The largest absolute Gasteiger partial charge is 2.00 e. The van der Waals surface area contributed by atoms with Crippen molar-refractivity contribution in [1.82, 2.24) is 9.97 Å². The maximum absolute atomic E-state index is 7.43. The number of aryl methyl sites for hydroxylation is 2. The minimum absolute atomic E-state index is 0. The van der Waals surface area contributed by atoms with E-state index in [1.165, 1.54) is 12.4 Å². The molecule has 0 unspecified atom stereocenters. The van der Waals surface area contributed by atoms with Gasteiger partial charge in [-0.3, -0.25) is 9.97 Å². The first-order valence-electron chi connectivity index (χ1n) is 11.2. The molecule has 0 saturated heterocycles. The topological polar surface area (TPSA) is 25.8 Å². The van der Waals surface area contributed by atoms with Crippen LogP contribution >= 0.6 is 0 Å². The Morgan fingerprint density at radius 3 is 1.33 bits per heavy atom. The first kappa shape index (κ1) is 13.5. The molecule has 0 amide bonds. The monoisotopic (exact) mass is 537 g/mol. The van der Waals surface area contributed by atoms with Gasteiger partial charge in [0.05, 0.1) is 0 Å². The molecule has 135 valence electrons. The van der Waals surface area contributed by atoms with Gasteiger partial charge in [-0.2, -0.15) is 0 Å². The van der Waals surface area contributed by atoms with Crippen LogP contribution in [-0.2, 0) is 20.1 Å². The van der Waals surface area contributed by atoms with Crippen molar-refractivity contribution in [1.29, 1.82) is 0 Å². The van der Waals surface area contributed by atoms with Crippen LogP contribution in [0.2, 0.25) is 0 Å². The van der Waals surface area contributed by atoms with E-state index in [4.69, 9.17) is 8.22 Å².